The van der Waals surface area contributed by atoms with Crippen LogP contribution in [0.4, 0.5) is 0 Å². The van der Waals surface area contributed by atoms with Crippen LogP contribution < -0.4 is 5.73 Å². The molecule has 1 heterocycles. The monoisotopic (exact) mass is 270 g/mol. The van der Waals surface area contributed by atoms with Gasteiger partial charge in [0.1, 0.15) is 6.07 Å². The molecule has 0 fully saturated rings. The highest BCUT2D eigenvalue weighted by Gasteiger charge is 2.65. The van der Waals surface area contributed by atoms with Crippen molar-refractivity contribution >= 4 is 5.78 Å². The summed E-state index contributed by atoms with van der Waals surface area (Å²) in [5.41, 5.74) is 6.71. The van der Waals surface area contributed by atoms with Gasteiger partial charge in [-0.2, -0.15) is 10.4 Å². The molecule has 104 valence electrons. The number of nitrogens with zero attached hydrogens (tertiary/aromatic N) is 3. The number of allylic oxidation sites excluding steroid dienone is 1. The SMILES string of the molecule is Cn1cc2c(n1)[C@@]1(C)C=C(C#N)C(=O)C(C)(C)[C@@]1(N)C2. The van der Waals surface area contributed by atoms with Crippen LogP contribution in [0.1, 0.15) is 32.0 Å². The first kappa shape index (κ1) is 13.1. The lowest BCUT2D eigenvalue weighted by Gasteiger charge is -2.51. The number of nitriles is 1. The Kier molecular flexibility index (Phi) is 2.21. The molecule has 0 aromatic carbocycles. The van der Waals surface area contributed by atoms with E-state index >= 15 is 0 Å². The highest BCUT2D eigenvalue weighted by Crippen LogP contribution is 2.56. The number of carbonyl (C=O) groups excluding carboxylic acids is 1. The largest absolute Gasteiger partial charge is 0.323 e. The van der Waals surface area contributed by atoms with Crippen LogP contribution in [-0.2, 0) is 23.7 Å². The van der Waals surface area contributed by atoms with Crippen molar-refractivity contribution in [1.29, 1.82) is 5.26 Å². The fraction of sp³-hybridized carbons (Fsp3) is 0.533. The van der Waals surface area contributed by atoms with E-state index in [-0.39, 0.29) is 11.4 Å². The van der Waals surface area contributed by atoms with E-state index in [9.17, 15) is 10.1 Å². The van der Waals surface area contributed by atoms with Gasteiger partial charge in [-0.15, -0.1) is 0 Å². The predicted octanol–water partition coefficient (Wildman–Crippen LogP) is 0.990. The zero-order valence-electron chi connectivity index (χ0n) is 12.2. The molecule has 2 atom stereocenters. The molecule has 1 aromatic heterocycles. The van der Waals surface area contributed by atoms with E-state index in [1.165, 1.54) is 0 Å². The lowest BCUT2D eigenvalue weighted by atomic mass is 9.53. The first-order valence-corrected chi connectivity index (χ1v) is 6.67. The maximum Gasteiger partial charge on any atom is 0.180 e. The fourth-order valence-electron chi connectivity index (χ4n) is 3.84. The van der Waals surface area contributed by atoms with E-state index in [0.29, 0.717) is 6.42 Å². The molecule has 0 aliphatic heterocycles. The van der Waals surface area contributed by atoms with Gasteiger partial charge in [0.2, 0.25) is 0 Å². The van der Waals surface area contributed by atoms with E-state index in [1.54, 1.807) is 10.8 Å². The summed E-state index contributed by atoms with van der Waals surface area (Å²) < 4.78 is 1.76. The number of carbonyl (C=O) groups is 1. The number of Topliss-reactive ketones (excluding diaryl/α,β-unsaturated/α-hetero) is 1. The summed E-state index contributed by atoms with van der Waals surface area (Å²) >= 11 is 0. The van der Waals surface area contributed by atoms with Gasteiger partial charge >= 0.3 is 0 Å². The molecule has 0 saturated carbocycles. The fourth-order valence-corrected chi connectivity index (χ4v) is 3.84. The molecule has 0 spiro atoms. The molecule has 0 radical (unpaired) electrons. The van der Waals surface area contributed by atoms with E-state index in [1.807, 2.05) is 40.1 Å². The molecule has 0 bridgehead atoms. The number of nitrogens with two attached hydrogens (primary N) is 1. The van der Waals surface area contributed by atoms with Crippen molar-refractivity contribution in [2.45, 2.75) is 38.1 Å². The second-order valence-electron chi connectivity index (χ2n) is 6.65. The van der Waals surface area contributed by atoms with Crippen molar-refractivity contribution in [1.82, 2.24) is 9.78 Å². The van der Waals surface area contributed by atoms with Crippen LogP contribution in [0, 0.1) is 16.7 Å². The average molecular weight is 270 g/mol. The Labute approximate surface area is 118 Å². The predicted molar refractivity (Wildman–Crippen MR) is 73.7 cm³/mol. The molecular weight excluding hydrogens is 252 g/mol. The number of ketones is 1. The van der Waals surface area contributed by atoms with E-state index in [0.717, 1.165) is 11.3 Å². The molecule has 3 rings (SSSR count). The van der Waals surface area contributed by atoms with Gasteiger partial charge in [0.25, 0.3) is 0 Å². The summed E-state index contributed by atoms with van der Waals surface area (Å²) in [4.78, 5) is 12.5. The molecule has 20 heavy (non-hydrogen) atoms. The molecule has 2 N–H and O–H groups in total. The van der Waals surface area contributed by atoms with Crippen LogP contribution in [0.2, 0.25) is 0 Å². The number of rotatable bonds is 0. The zero-order valence-corrected chi connectivity index (χ0v) is 12.2. The second kappa shape index (κ2) is 3.39. The summed E-state index contributed by atoms with van der Waals surface area (Å²) in [6, 6.07) is 2.02. The van der Waals surface area contributed by atoms with Gasteiger partial charge in [0.05, 0.1) is 16.7 Å². The lowest BCUT2D eigenvalue weighted by Crippen LogP contribution is -2.68. The van der Waals surface area contributed by atoms with Crippen molar-refractivity contribution in [3.63, 3.8) is 0 Å². The van der Waals surface area contributed by atoms with Crippen molar-refractivity contribution in [2.75, 3.05) is 0 Å². The Morgan fingerprint density at radius 1 is 1.45 bits per heavy atom. The van der Waals surface area contributed by atoms with Gasteiger partial charge in [0, 0.05) is 24.2 Å². The van der Waals surface area contributed by atoms with Gasteiger partial charge in [-0.05, 0) is 25.0 Å². The third-order valence-electron chi connectivity index (χ3n) is 5.27. The summed E-state index contributed by atoms with van der Waals surface area (Å²) in [6.07, 6.45) is 4.27. The lowest BCUT2D eigenvalue weighted by molar-refractivity contribution is -0.128. The Hall–Kier alpha value is -1.93. The normalized spacial score (nSPS) is 34.2. The Balaban J connectivity index is 2.34. The molecule has 0 saturated heterocycles. The molecule has 5 nitrogen and oxygen atoms in total. The quantitative estimate of drug-likeness (QED) is 0.762. The van der Waals surface area contributed by atoms with E-state index < -0.39 is 16.4 Å². The Morgan fingerprint density at radius 2 is 2.10 bits per heavy atom. The molecule has 5 heteroatoms. The molecular formula is C15H18N4O. The molecule has 2 aliphatic carbocycles. The molecule has 1 aromatic rings. The summed E-state index contributed by atoms with van der Waals surface area (Å²) in [6.45, 7) is 5.66. The number of hydrogen-bond donors (Lipinski definition) is 1. The Morgan fingerprint density at radius 3 is 2.70 bits per heavy atom. The number of aryl methyl sites for hydroxylation is 1. The number of fused-ring (bicyclic) bond motifs is 3. The maximum absolute atomic E-state index is 12.5. The summed E-state index contributed by atoms with van der Waals surface area (Å²) in [5.74, 6) is -0.172. The standard InChI is InChI=1S/C15H18N4O/c1-13(2)12(20)9(7-16)5-14(3)11-10(6-15(13,14)17)8-19(4)18-11/h5,8H,6,17H2,1-4H3/t14-,15+/m1/s1. The summed E-state index contributed by atoms with van der Waals surface area (Å²) in [5, 5.41) is 13.8. The second-order valence-corrected chi connectivity index (χ2v) is 6.65. The minimum absolute atomic E-state index is 0.172. The first-order chi connectivity index (χ1) is 9.17. The molecule has 0 unspecified atom stereocenters. The highest BCUT2D eigenvalue weighted by atomic mass is 16.1. The smallest absolute Gasteiger partial charge is 0.180 e. The molecule has 2 aliphatic rings. The third kappa shape index (κ3) is 1.16. The van der Waals surface area contributed by atoms with E-state index in [4.69, 9.17) is 5.73 Å². The van der Waals surface area contributed by atoms with Gasteiger partial charge in [-0.25, -0.2) is 0 Å². The minimum atomic E-state index is -0.798. The average Bonchev–Trinajstić information content (AvgIpc) is 2.82. The summed E-state index contributed by atoms with van der Waals surface area (Å²) in [7, 11) is 1.87. The van der Waals surface area contributed by atoms with Crippen LogP contribution in [0.5, 0.6) is 0 Å². The van der Waals surface area contributed by atoms with Crippen LogP contribution in [0.15, 0.2) is 17.8 Å². The van der Waals surface area contributed by atoms with Crippen molar-refractivity contribution in [3.8, 4) is 6.07 Å². The van der Waals surface area contributed by atoms with Crippen LogP contribution in [0.3, 0.4) is 0 Å². The van der Waals surface area contributed by atoms with Crippen molar-refractivity contribution < 1.29 is 4.79 Å². The Bertz CT molecular complexity index is 706. The topological polar surface area (TPSA) is 84.7 Å². The van der Waals surface area contributed by atoms with Crippen molar-refractivity contribution in [2.24, 2.45) is 18.2 Å². The molecule has 0 amide bonds. The van der Waals surface area contributed by atoms with Gasteiger partial charge in [-0.1, -0.05) is 13.8 Å². The van der Waals surface area contributed by atoms with Crippen LogP contribution >= 0.6 is 0 Å². The van der Waals surface area contributed by atoms with Crippen LogP contribution in [0.25, 0.3) is 0 Å². The third-order valence-corrected chi connectivity index (χ3v) is 5.27. The highest BCUT2D eigenvalue weighted by molar-refractivity contribution is 6.05. The van der Waals surface area contributed by atoms with Gasteiger partial charge in [0.15, 0.2) is 5.78 Å². The first-order valence-electron chi connectivity index (χ1n) is 6.67. The minimum Gasteiger partial charge on any atom is -0.323 e. The zero-order chi connectivity index (χ0) is 14.9. The number of hydrogen-bond acceptors (Lipinski definition) is 4. The van der Waals surface area contributed by atoms with E-state index in [2.05, 4.69) is 5.10 Å². The van der Waals surface area contributed by atoms with Gasteiger partial charge < -0.3 is 5.73 Å². The number of aromatic nitrogens is 2. The van der Waals surface area contributed by atoms with Crippen LogP contribution in [-0.4, -0.2) is 21.1 Å². The maximum atomic E-state index is 12.5. The van der Waals surface area contributed by atoms with Crippen molar-refractivity contribution in [3.05, 3.63) is 29.1 Å². The van der Waals surface area contributed by atoms with Gasteiger partial charge in [-0.3, -0.25) is 9.48 Å².